The Kier molecular flexibility index (Phi) is 2.90. The second-order valence-electron chi connectivity index (χ2n) is 4.47. The molecule has 0 radical (unpaired) electrons. The fourth-order valence-corrected chi connectivity index (χ4v) is 2.28. The Morgan fingerprint density at radius 3 is 1.50 bits per heavy atom. The molecule has 0 aliphatic carbocycles. The first-order valence-electron chi connectivity index (χ1n) is 6.08. The van der Waals surface area contributed by atoms with Gasteiger partial charge in [0, 0.05) is 0 Å². The molecular formula is C15H15N3. The zero-order valence-electron chi connectivity index (χ0n) is 10.3. The fraction of sp³-hybridized carbons (Fsp3) is 0.200. The Labute approximate surface area is 107 Å². The Bertz CT molecular complexity index is 487. The van der Waals surface area contributed by atoms with Crippen LogP contribution in [0.4, 0.5) is 0 Å². The lowest BCUT2D eigenvalue weighted by atomic mass is 10.1. The van der Waals surface area contributed by atoms with E-state index in [-0.39, 0.29) is 12.3 Å². The summed E-state index contributed by atoms with van der Waals surface area (Å²) < 4.78 is 0. The van der Waals surface area contributed by atoms with Crippen LogP contribution in [0.15, 0.2) is 70.9 Å². The monoisotopic (exact) mass is 237 g/mol. The Hall–Kier alpha value is -2.00. The van der Waals surface area contributed by atoms with Gasteiger partial charge in [0.15, 0.2) is 12.3 Å². The maximum Gasteiger partial charge on any atom is 0.150 e. The van der Waals surface area contributed by atoms with Gasteiger partial charge in [0.05, 0.1) is 0 Å². The van der Waals surface area contributed by atoms with Gasteiger partial charge in [-0.1, -0.05) is 60.7 Å². The molecule has 0 spiro atoms. The highest BCUT2D eigenvalue weighted by molar-refractivity contribution is 5.23. The number of nitrogens with zero attached hydrogens (tertiary/aromatic N) is 3. The summed E-state index contributed by atoms with van der Waals surface area (Å²) in [5.74, 6) is 0. The minimum absolute atomic E-state index is 0.0245. The largest absolute Gasteiger partial charge is 0.252 e. The van der Waals surface area contributed by atoms with Crippen molar-refractivity contribution in [2.45, 2.75) is 12.3 Å². The lowest BCUT2D eigenvalue weighted by molar-refractivity contribution is 0.232. The first kappa shape index (κ1) is 11.1. The van der Waals surface area contributed by atoms with Crippen molar-refractivity contribution in [3.05, 3.63) is 71.8 Å². The van der Waals surface area contributed by atoms with Crippen molar-refractivity contribution in [3.8, 4) is 0 Å². The van der Waals surface area contributed by atoms with Gasteiger partial charge in [0.1, 0.15) is 0 Å². The second kappa shape index (κ2) is 4.70. The molecule has 3 rings (SSSR count). The van der Waals surface area contributed by atoms with Crippen LogP contribution in [0.25, 0.3) is 0 Å². The van der Waals surface area contributed by atoms with Gasteiger partial charge in [-0.15, -0.1) is 0 Å². The maximum atomic E-state index is 4.40. The minimum atomic E-state index is 0.0245. The van der Waals surface area contributed by atoms with Crippen LogP contribution in [0.3, 0.4) is 0 Å². The van der Waals surface area contributed by atoms with Gasteiger partial charge >= 0.3 is 0 Å². The number of rotatable bonds is 2. The number of hydrogen-bond donors (Lipinski definition) is 0. The topological polar surface area (TPSA) is 28.0 Å². The summed E-state index contributed by atoms with van der Waals surface area (Å²) in [6.45, 7) is 0. The first-order chi connectivity index (χ1) is 8.86. The molecule has 18 heavy (non-hydrogen) atoms. The van der Waals surface area contributed by atoms with E-state index in [1.165, 1.54) is 11.1 Å². The van der Waals surface area contributed by atoms with E-state index in [2.05, 4.69) is 46.4 Å². The van der Waals surface area contributed by atoms with E-state index in [0.29, 0.717) is 0 Å². The van der Waals surface area contributed by atoms with E-state index in [4.69, 9.17) is 0 Å². The molecule has 0 fully saturated rings. The molecule has 3 heteroatoms. The average Bonchev–Trinajstić information content (AvgIpc) is 2.83. The molecule has 2 aromatic rings. The molecule has 0 amide bonds. The summed E-state index contributed by atoms with van der Waals surface area (Å²) in [7, 11) is 2.06. The summed E-state index contributed by atoms with van der Waals surface area (Å²) in [5.41, 5.74) is 2.37. The average molecular weight is 237 g/mol. The van der Waals surface area contributed by atoms with Crippen molar-refractivity contribution < 1.29 is 0 Å². The van der Waals surface area contributed by atoms with E-state index >= 15 is 0 Å². The molecule has 2 aromatic carbocycles. The Morgan fingerprint density at radius 1 is 0.722 bits per heavy atom. The quantitative estimate of drug-likeness (QED) is 0.781. The van der Waals surface area contributed by atoms with E-state index in [0.717, 1.165) is 0 Å². The van der Waals surface area contributed by atoms with E-state index in [9.17, 15) is 0 Å². The van der Waals surface area contributed by atoms with E-state index in [1.807, 2.05) is 36.4 Å². The summed E-state index contributed by atoms with van der Waals surface area (Å²) in [4.78, 5) is 2.19. The molecule has 0 aromatic heterocycles. The highest BCUT2D eigenvalue weighted by Crippen LogP contribution is 2.37. The summed E-state index contributed by atoms with van der Waals surface area (Å²) in [5, 5.41) is 8.79. The molecule has 1 heterocycles. The van der Waals surface area contributed by atoms with Crippen molar-refractivity contribution in [2.24, 2.45) is 10.2 Å². The van der Waals surface area contributed by atoms with Crippen LogP contribution in [0.1, 0.15) is 23.5 Å². The molecule has 3 nitrogen and oxygen atoms in total. The van der Waals surface area contributed by atoms with Gasteiger partial charge in [-0.25, -0.2) is 0 Å². The summed E-state index contributed by atoms with van der Waals surface area (Å²) >= 11 is 0. The lowest BCUT2D eigenvalue weighted by Crippen LogP contribution is -2.22. The van der Waals surface area contributed by atoms with Crippen LogP contribution >= 0.6 is 0 Å². The highest BCUT2D eigenvalue weighted by Gasteiger charge is 2.30. The Balaban J connectivity index is 1.86. The molecule has 0 saturated heterocycles. The number of azo groups is 1. The molecule has 0 saturated carbocycles. The smallest absolute Gasteiger partial charge is 0.150 e. The SMILES string of the molecule is CN1C(c2ccccc2)N=NC1c1ccccc1. The van der Waals surface area contributed by atoms with Crippen molar-refractivity contribution in [2.75, 3.05) is 7.05 Å². The van der Waals surface area contributed by atoms with Crippen molar-refractivity contribution >= 4 is 0 Å². The normalized spacial score (nSPS) is 23.4. The molecule has 1 aliphatic heterocycles. The molecular weight excluding hydrogens is 222 g/mol. The fourth-order valence-electron chi connectivity index (χ4n) is 2.28. The van der Waals surface area contributed by atoms with Crippen LogP contribution in [-0.4, -0.2) is 11.9 Å². The van der Waals surface area contributed by atoms with Crippen LogP contribution in [0.5, 0.6) is 0 Å². The number of hydrogen-bond acceptors (Lipinski definition) is 3. The van der Waals surface area contributed by atoms with Crippen LogP contribution < -0.4 is 0 Å². The van der Waals surface area contributed by atoms with Crippen LogP contribution in [0.2, 0.25) is 0 Å². The Morgan fingerprint density at radius 2 is 1.11 bits per heavy atom. The lowest BCUT2D eigenvalue weighted by Gasteiger charge is -2.22. The zero-order valence-corrected chi connectivity index (χ0v) is 10.3. The van der Waals surface area contributed by atoms with Crippen LogP contribution in [-0.2, 0) is 0 Å². The predicted octanol–water partition coefficient (Wildman–Crippen LogP) is 3.78. The highest BCUT2D eigenvalue weighted by atomic mass is 15.5. The maximum absolute atomic E-state index is 4.40. The molecule has 0 bridgehead atoms. The molecule has 1 aliphatic rings. The molecule has 2 atom stereocenters. The van der Waals surface area contributed by atoms with E-state index < -0.39 is 0 Å². The summed E-state index contributed by atoms with van der Waals surface area (Å²) in [6, 6.07) is 20.5. The first-order valence-corrected chi connectivity index (χ1v) is 6.08. The predicted molar refractivity (Wildman–Crippen MR) is 71.0 cm³/mol. The third-order valence-electron chi connectivity index (χ3n) is 3.25. The van der Waals surface area contributed by atoms with Crippen molar-refractivity contribution in [1.29, 1.82) is 0 Å². The third-order valence-corrected chi connectivity index (χ3v) is 3.25. The van der Waals surface area contributed by atoms with Crippen molar-refractivity contribution in [3.63, 3.8) is 0 Å². The third kappa shape index (κ3) is 1.93. The van der Waals surface area contributed by atoms with Gasteiger partial charge in [-0.05, 0) is 18.2 Å². The second-order valence-corrected chi connectivity index (χ2v) is 4.47. The van der Waals surface area contributed by atoms with Gasteiger partial charge in [0.25, 0.3) is 0 Å². The number of benzene rings is 2. The molecule has 2 unspecified atom stereocenters. The van der Waals surface area contributed by atoms with Crippen molar-refractivity contribution in [1.82, 2.24) is 4.90 Å². The summed E-state index contributed by atoms with van der Waals surface area (Å²) in [6.07, 6.45) is 0.0489. The van der Waals surface area contributed by atoms with Gasteiger partial charge in [-0.2, -0.15) is 10.2 Å². The van der Waals surface area contributed by atoms with Gasteiger partial charge < -0.3 is 0 Å². The van der Waals surface area contributed by atoms with Gasteiger partial charge in [0.2, 0.25) is 0 Å². The van der Waals surface area contributed by atoms with E-state index in [1.54, 1.807) is 0 Å². The molecule has 90 valence electrons. The van der Waals surface area contributed by atoms with Gasteiger partial charge in [-0.3, -0.25) is 4.90 Å². The molecule has 0 N–H and O–H groups in total. The zero-order chi connectivity index (χ0) is 12.4. The van der Waals surface area contributed by atoms with Crippen LogP contribution in [0, 0.1) is 0 Å². The standard InChI is InChI=1S/C15H15N3/c1-18-14(12-8-4-2-5-9-12)16-17-15(18)13-10-6-3-7-11-13/h2-11,14-15H,1H3. The minimum Gasteiger partial charge on any atom is -0.252 e.